The molecule has 0 amide bonds. The maximum Gasteiger partial charge on any atom is 0.433 e. The minimum atomic E-state index is -0.383. The number of rotatable bonds is 3. The molecule has 1 fully saturated rings. The molecular formula is C12H23NO2Si. The highest BCUT2D eigenvalue weighted by molar-refractivity contribution is 6.19. The van der Waals surface area contributed by atoms with Crippen LogP contribution in [-0.2, 0) is 8.85 Å². The van der Waals surface area contributed by atoms with Crippen molar-refractivity contribution >= 4 is 15.7 Å². The third kappa shape index (κ3) is 4.35. The van der Waals surface area contributed by atoms with E-state index in [9.17, 15) is 0 Å². The number of hydrogen-bond acceptors (Lipinski definition) is 3. The van der Waals surface area contributed by atoms with Gasteiger partial charge in [0.2, 0.25) is 0 Å². The summed E-state index contributed by atoms with van der Waals surface area (Å²) in [6, 6.07) is 0. The Morgan fingerprint density at radius 3 is 2.44 bits per heavy atom. The van der Waals surface area contributed by atoms with Crippen molar-refractivity contribution in [1.29, 1.82) is 5.41 Å². The molecule has 0 bridgehead atoms. The van der Waals surface area contributed by atoms with Crippen molar-refractivity contribution in [2.24, 2.45) is 0 Å². The monoisotopic (exact) mass is 241 g/mol. The Bertz CT molecular complexity index is 223. The normalized spacial score (nSPS) is 29.0. The molecule has 0 spiro atoms. The Morgan fingerprint density at radius 1 is 1.12 bits per heavy atom. The highest BCUT2D eigenvalue weighted by Gasteiger charge is 2.30. The van der Waals surface area contributed by atoms with Crippen molar-refractivity contribution in [2.45, 2.75) is 63.9 Å². The van der Waals surface area contributed by atoms with E-state index in [1.54, 1.807) is 7.11 Å². The molecular weight excluding hydrogens is 218 g/mol. The van der Waals surface area contributed by atoms with Crippen LogP contribution >= 0.6 is 0 Å². The van der Waals surface area contributed by atoms with Gasteiger partial charge in [0.05, 0.1) is 5.60 Å². The first kappa shape index (κ1) is 13.9. The Morgan fingerprint density at radius 2 is 1.75 bits per heavy atom. The van der Waals surface area contributed by atoms with E-state index in [0.717, 1.165) is 31.4 Å². The van der Waals surface area contributed by atoms with E-state index in [1.165, 1.54) is 25.7 Å². The minimum Gasteiger partial charge on any atom is -0.396 e. The molecule has 0 aromatic rings. The van der Waals surface area contributed by atoms with Gasteiger partial charge in [0.25, 0.3) is 0 Å². The zero-order valence-corrected chi connectivity index (χ0v) is 11.5. The van der Waals surface area contributed by atoms with Crippen molar-refractivity contribution in [2.75, 3.05) is 7.11 Å². The Kier molecular flexibility index (Phi) is 6.24. The topological polar surface area (TPSA) is 42.3 Å². The predicted molar refractivity (Wildman–Crippen MR) is 66.9 cm³/mol. The van der Waals surface area contributed by atoms with E-state index in [0.29, 0.717) is 0 Å². The summed E-state index contributed by atoms with van der Waals surface area (Å²) >= 11 is 0. The predicted octanol–water partition coefficient (Wildman–Crippen LogP) is 3.10. The lowest BCUT2D eigenvalue weighted by atomic mass is 9.88. The first-order valence-corrected chi connectivity index (χ1v) is 7.04. The van der Waals surface area contributed by atoms with Gasteiger partial charge >= 0.3 is 10.0 Å². The average Bonchev–Trinajstić information content (AvgIpc) is 2.29. The lowest BCUT2D eigenvalue weighted by Crippen LogP contribution is -2.39. The molecule has 3 nitrogen and oxygen atoms in total. The minimum absolute atomic E-state index is 0.0526. The summed E-state index contributed by atoms with van der Waals surface area (Å²) in [7, 11) is 1.70. The van der Waals surface area contributed by atoms with Crippen molar-refractivity contribution in [1.82, 2.24) is 0 Å². The molecule has 0 aromatic carbocycles. The van der Waals surface area contributed by atoms with Crippen LogP contribution in [-0.4, -0.2) is 28.4 Å². The molecule has 1 rings (SSSR count). The van der Waals surface area contributed by atoms with Crippen LogP contribution in [0.4, 0.5) is 0 Å². The van der Waals surface area contributed by atoms with Gasteiger partial charge in [-0.15, -0.1) is 0 Å². The van der Waals surface area contributed by atoms with E-state index >= 15 is 0 Å². The fourth-order valence-electron chi connectivity index (χ4n) is 2.13. The Balaban J connectivity index is 2.55. The van der Waals surface area contributed by atoms with Crippen molar-refractivity contribution in [3.63, 3.8) is 0 Å². The molecule has 0 heterocycles. The van der Waals surface area contributed by atoms with Crippen LogP contribution < -0.4 is 0 Å². The molecule has 1 N–H and O–H groups in total. The molecule has 0 aliphatic heterocycles. The van der Waals surface area contributed by atoms with Gasteiger partial charge < -0.3 is 14.3 Å². The van der Waals surface area contributed by atoms with E-state index in [4.69, 9.17) is 14.3 Å². The second-order valence-corrected chi connectivity index (χ2v) is 5.50. The zero-order valence-electron chi connectivity index (χ0n) is 10.5. The third-order valence-corrected chi connectivity index (χ3v) is 4.02. The van der Waals surface area contributed by atoms with Gasteiger partial charge in [0.15, 0.2) is 0 Å². The molecule has 1 aliphatic carbocycles. The third-order valence-electron chi connectivity index (χ3n) is 3.32. The van der Waals surface area contributed by atoms with Gasteiger partial charge in [-0.1, -0.05) is 32.1 Å². The average molecular weight is 241 g/mol. The Labute approximate surface area is 101 Å². The first-order valence-electron chi connectivity index (χ1n) is 6.23. The van der Waals surface area contributed by atoms with E-state index < -0.39 is 0 Å². The summed E-state index contributed by atoms with van der Waals surface area (Å²) in [6.45, 7) is 2.04. The van der Waals surface area contributed by atoms with Gasteiger partial charge in [-0.2, -0.15) is 0 Å². The second-order valence-electron chi connectivity index (χ2n) is 4.72. The summed E-state index contributed by atoms with van der Waals surface area (Å²) in [4.78, 5) is 0. The van der Waals surface area contributed by atoms with Gasteiger partial charge in [-0.25, -0.2) is 0 Å². The lowest BCUT2D eigenvalue weighted by Gasteiger charge is -2.31. The highest BCUT2D eigenvalue weighted by Crippen LogP contribution is 2.25. The molecule has 1 unspecified atom stereocenters. The van der Waals surface area contributed by atoms with Crippen LogP contribution in [0.15, 0.2) is 0 Å². The number of hydrogen-bond donors (Lipinski definition) is 1. The Hall–Kier alpha value is -0.193. The van der Waals surface area contributed by atoms with Crippen LogP contribution in [0.1, 0.15) is 58.3 Å². The molecule has 0 aromatic heterocycles. The summed E-state index contributed by atoms with van der Waals surface area (Å²) in [5.41, 5.74) is 0.366. The largest absolute Gasteiger partial charge is 0.433 e. The summed E-state index contributed by atoms with van der Waals surface area (Å²) < 4.78 is 10.7. The highest BCUT2D eigenvalue weighted by atomic mass is 28.3. The molecule has 1 aliphatic rings. The van der Waals surface area contributed by atoms with Crippen molar-refractivity contribution in [3.05, 3.63) is 0 Å². The van der Waals surface area contributed by atoms with Crippen LogP contribution in [0.3, 0.4) is 0 Å². The smallest absolute Gasteiger partial charge is 0.396 e. The van der Waals surface area contributed by atoms with Gasteiger partial charge in [-0.05, 0) is 26.2 Å². The zero-order chi connectivity index (χ0) is 11.9. The number of nitrogens with one attached hydrogen (secondary N) is 1. The van der Waals surface area contributed by atoms with Crippen molar-refractivity contribution < 1.29 is 8.85 Å². The molecule has 1 atom stereocenters. The van der Waals surface area contributed by atoms with Crippen LogP contribution in [0, 0.1) is 5.41 Å². The van der Waals surface area contributed by atoms with E-state index in [-0.39, 0.29) is 15.6 Å². The van der Waals surface area contributed by atoms with Crippen LogP contribution in [0.2, 0.25) is 0 Å². The van der Waals surface area contributed by atoms with Gasteiger partial charge in [0, 0.05) is 12.8 Å². The van der Waals surface area contributed by atoms with Crippen LogP contribution in [0.5, 0.6) is 0 Å². The lowest BCUT2D eigenvalue weighted by molar-refractivity contribution is 0.119. The standard InChI is InChI=1S/C12H23NO2Si/c1-12(15-16-14-2)10-8-6-4-3-5-7-9-11(12)13/h13H,3-10H2,1-2H3. The van der Waals surface area contributed by atoms with Crippen LogP contribution in [0.25, 0.3) is 0 Å². The van der Waals surface area contributed by atoms with Crippen molar-refractivity contribution in [3.8, 4) is 0 Å². The summed E-state index contributed by atoms with van der Waals surface area (Å²) in [5, 5.41) is 8.15. The molecule has 92 valence electrons. The maximum atomic E-state index is 8.15. The first-order chi connectivity index (χ1) is 7.69. The SMILES string of the molecule is CO[Si]OC1(C)CCCCCCCCC1=N. The summed E-state index contributed by atoms with van der Waals surface area (Å²) in [5.74, 6) is 0. The fourth-order valence-corrected chi connectivity index (χ4v) is 2.63. The molecule has 4 heteroatoms. The van der Waals surface area contributed by atoms with Gasteiger partial charge in [0.1, 0.15) is 0 Å². The quantitative estimate of drug-likeness (QED) is 0.772. The molecule has 0 saturated heterocycles. The molecule has 16 heavy (non-hydrogen) atoms. The summed E-state index contributed by atoms with van der Waals surface area (Å²) in [6.07, 6.45) is 9.31. The van der Waals surface area contributed by atoms with E-state index in [1.807, 2.05) is 6.92 Å². The maximum absolute atomic E-state index is 8.15. The van der Waals surface area contributed by atoms with Gasteiger partial charge in [-0.3, -0.25) is 0 Å². The molecule has 2 radical (unpaired) electrons. The molecule has 1 saturated carbocycles. The van der Waals surface area contributed by atoms with E-state index in [2.05, 4.69) is 0 Å². The fraction of sp³-hybridized carbons (Fsp3) is 0.917. The second kappa shape index (κ2) is 7.19.